The lowest BCUT2D eigenvalue weighted by molar-refractivity contribution is -0.132. The van der Waals surface area contributed by atoms with Gasteiger partial charge in [0.25, 0.3) is 0 Å². The van der Waals surface area contributed by atoms with Crippen molar-refractivity contribution >= 4 is 18.3 Å². The van der Waals surface area contributed by atoms with Gasteiger partial charge < -0.3 is 16.4 Å². The molecular formula is C10H22ClN3O. The van der Waals surface area contributed by atoms with Crippen LogP contribution >= 0.6 is 12.4 Å². The highest BCUT2D eigenvalue weighted by Gasteiger charge is 2.34. The Morgan fingerprint density at radius 3 is 2.53 bits per heavy atom. The Balaban J connectivity index is 0.00000196. The first-order valence-electron chi connectivity index (χ1n) is 5.30. The number of piperidine rings is 1. The molecule has 1 saturated heterocycles. The molecule has 0 saturated carbocycles. The first-order chi connectivity index (χ1) is 6.58. The molecule has 1 heterocycles. The molecule has 15 heavy (non-hydrogen) atoms. The van der Waals surface area contributed by atoms with E-state index in [0.29, 0.717) is 6.54 Å². The number of nitrogens with two attached hydrogens (primary N) is 1. The summed E-state index contributed by atoms with van der Waals surface area (Å²) < 4.78 is 0. The minimum atomic E-state index is -0.200. The van der Waals surface area contributed by atoms with Crippen LogP contribution in [0.25, 0.3) is 0 Å². The Labute approximate surface area is 97.8 Å². The van der Waals surface area contributed by atoms with E-state index in [0.717, 1.165) is 25.9 Å². The molecule has 5 heteroatoms. The van der Waals surface area contributed by atoms with Gasteiger partial charge in [-0.25, -0.2) is 0 Å². The zero-order chi connectivity index (χ0) is 10.6. The standard InChI is InChI=1S/C10H21N3O.ClH/c1-8(7-11)13-9(14)10(2)3-5-12-6-4-10;/h8,12H,3-7,11H2,1-2H3,(H,13,14);1H/t8-;/m1./s1. The minimum absolute atomic E-state index is 0. The van der Waals surface area contributed by atoms with Crippen molar-refractivity contribution in [2.75, 3.05) is 19.6 Å². The molecule has 0 aliphatic carbocycles. The van der Waals surface area contributed by atoms with E-state index in [2.05, 4.69) is 10.6 Å². The summed E-state index contributed by atoms with van der Waals surface area (Å²) in [6.07, 6.45) is 1.83. The van der Waals surface area contributed by atoms with Gasteiger partial charge in [0.15, 0.2) is 0 Å². The maximum Gasteiger partial charge on any atom is 0.226 e. The summed E-state index contributed by atoms with van der Waals surface area (Å²) in [7, 11) is 0. The average molecular weight is 236 g/mol. The van der Waals surface area contributed by atoms with Crippen molar-refractivity contribution in [3.8, 4) is 0 Å². The zero-order valence-corrected chi connectivity index (χ0v) is 10.3. The molecule has 0 aromatic heterocycles. The molecule has 4 N–H and O–H groups in total. The summed E-state index contributed by atoms with van der Waals surface area (Å²) in [6, 6.07) is 0.0780. The van der Waals surface area contributed by atoms with Gasteiger partial charge >= 0.3 is 0 Å². The van der Waals surface area contributed by atoms with Crippen LogP contribution in [0.15, 0.2) is 0 Å². The molecule has 1 rings (SSSR count). The number of hydrogen-bond acceptors (Lipinski definition) is 3. The van der Waals surface area contributed by atoms with Gasteiger partial charge in [0.2, 0.25) is 5.91 Å². The number of amides is 1. The molecule has 0 unspecified atom stereocenters. The second-order valence-corrected chi connectivity index (χ2v) is 4.42. The fourth-order valence-corrected chi connectivity index (χ4v) is 1.66. The van der Waals surface area contributed by atoms with E-state index in [4.69, 9.17) is 5.73 Å². The molecule has 1 aliphatic rings. The van der Waals surface area contributed by atoms with Crippen molar-refractivity contribution in [2.45, 2.75) is 32.7 Å². The molecule has 1 aliphatic heterocycles. The Bertz CT molecular complexity index is 205. The summed E-state index contributed by atoms with van der Waals surface area (Å²) in [6.45, 7) is 6.33. The van der Waals surface area contributed by atoms with Gasteiger partial charge in [0, 0.05) is 18.0 Å². The lowest BCUT2D eigenvalue weighted by Crippen LogP contribution is -2.49. The molecule has 1 fully saturated rings. The normalized spacial score (nSPS) is 21.3. The average Bonchev–Trinajstić information content (AvgIpc) is 2.18. The van der Waals surface area contributed by atoms with Gasteiger partial charge in [-0.15, -0.1) is 12.4 Å². The second-order valence-electron chi connectivity index (χ2n) is 4.42. The number of carbonyl (C=O) groups is 1. The third kappa shape index (κ3) is 3.97. The van der Waals surface area contributed by atoms with Crippen LogP contribution in [-0.2, 0) is 4.79 Å². The number of halogens is 1. The predicted molar refractivity (Wildman–Crippen MR) is 64.1 cm³/mol. The Morgan fingerprint density at radius 2 is 2.07 bits per heavy atom. The van der Waals surface area contributed by atoms with Crippen molar-refractivity contribution < 1.29 is 4.79 Å². The smallest absolute Gasteiger partial charge is 0.226 e. The van der Waals surface area contributed by atoms with E-state index in [1.807, 2.05) is 13.8 Å². The molecule has 1 atom stereocenters. The summed E-state index contributed by atoms with van der Waals surface area (Å²) in [5, 5.41) is 6.21. The Hall–Kier alpha value is -0.320. The molecule has 0 aromatic carbocycles. The number of nitrogens with one attached hydrogen (secondary N) is 2. The third-order valence-corrected chi connectivity index (χ3v) is 2.99. The van der Waals surface area contributed by atoms with Crippen molar-refractivity contribution in [1.29, 1.82) is 0 Å². The van der Waals surface area contributed by atoms with Crippen LogP contribution in [0.1, 0.15) is 26.7 Å². The molecule has 0 aromatic rings. The fraction of sp³-hybridized carbons (Fsp3) is 0.900. The summed E-state index contributed by atoms with van der Waals surface area (Å²) >= 11 is 0. The number of carbonyl (C=O) groups excluding carboxylic acids is 1. The van der Waals surface area contributed by atoms with Gasteiger partial charge in [0.05, 0.1) is 0 Å². The Kier molecular flexibility index (Phi) is 6.17. The van der Waals surface area contributed by atoms with E-state index in [1.54, 1.807) is 0 Å². The van der Waals surface area contributed by atoms with Crippen LogP contribution in [0.5, 0.6) is 0 Å². The third-order valence-electron chi connectivity index (χ3n) is 2.99. The predicted octanol–water partition coefficient (Wildman–Crippen LogP) is 0.261. The van der Waals surface area contributed by atoms with Gasteiger partial charge in [-0.1, -0.05) is 6.92 Å². The lowest BCUT2D eigenvalue weighted by Gasteiger charge is -2.33. The van der Waals surface area contributed by atoms with Crippen LogP contribution in [-0.4, -0.2) is 31.6 Å². The molecule has 0 bridgehead atoms. The van der Waals surface area contributed by atoms with E-state index < -0.39 is 0 Å². The summed E-state index contributed by atoms with van der Waals surface area (Å²) in [5.74, 6) is 0.150. The monoisotopic (exact) mass is 235 g/mol. The van der Waals surface area contributed by atoms with E-state index in [-0.39, 0.29) is 29.8 Å². The minimum Gasteiger partial charge on any atom is -0.352 e. The Morgan fingerprint density at radius 1 is 1.53 bits per heavy atom. The summed E-state index contributed by atoms with van der Waals surface area (Å²) in [5.41, 5.74) is 5.27. The number of rotatable bonds is 3. The lowest BCUT2D eigenvalue weighted by atomic mass is 9.80. The van der Waals surface area contributed by atoms with E-state index in [9.17, 15) is 4.79 Å². The highest BCUT2D eigenvalue weighted by molar-refractivity contribution is 5.85. The van der Waals surface area contributed by atoms with Crippen LogP contribution < -0.4 is 16.4 Å². The highest BCUT2D eigenvalue weighted by atomic mass is 35.5. The van der Waals surface area contributed by atoms with Crippen molar-refractivity contribution in [2.24, 2.45) is 11.1 Å². The van der Waals surface area contributed by atoms with E-state index >= 15 is 0 Å². The van der Waals surface area contributed by atoms with Crippen LogP contribution in [0.3, 0.4) is 0 Å². The zero-order valence-electron chi connectivity index (χ0n) is 9.51. The van der Waals surface area contributed by atoms with Crippen LogP contribution in [0.2, 0.25) is 0 Å². The largest absolute Gasteiger partial charge is 0.352 e. The SMILES string of the molecule is C[C@H](CN)NC(=O)C1(C)CCNCC1.Cl. The first kappa shape index (κ1) is 14.7. The number of hydrogen-bond donors (Lipinski definition) is 3. The topological polar surface area (TPSA) is 67.1 Å². The first-order valence-corrected chi connectivity index (χ1v) is 5.30. The van der Waals surface area contributed by atoms with Gasteiger partial charge in [-0.05, 0) is 32.9 Å². The molecule has 1 amide bonds. The molecule has 0 radical (unpaired) electrons. The second kappa shape index (κ2) is 6.30. The van der Waals surface area contributed by atoms with E-state index in [1.165, 1.54) is 0 Å². The summed E-state index contributed by atoms with van der Waals surface area (Å²) in [4.78, 5) is 11.9. The molecule has 0 spiro atoms. The van der Waals surface area contributed by atoms with Crippen molar-refractivity contribution in [3.05, 3.63) is 0 Å². The van der Waals surface area contributed by atoms with Crippen molar-refractivity contribution in [1.82, 2.24) is 10.6 Å². The maximum atomic E-state index is 11.9. The molecule has 4 nitrogen and oxygen atoms in total. The fourth-order valence-electron chi connectivity index (χ4n) is 1.66. The highest BCUT2D eigenvalue weighted by Crippen LogP contribution is 2.27. The van der Waals surface area contributed by atoms with Crippen LogP contribution in [0.4, 0.5) is 0 Å². The maximum absolute atomic E-state index is 11.9. The van der Waals surface area contributed by atoms with Crippen LogP contribution in [0, 0.1) is 5.41 Å². The molecule has 90 valence electrons. The quantitative estimate of drug-likeness (QED) is 0.658. The van der Waals surface area contributed by atoms with Gasteiger partial charge in [-0.2, -0.15) is 0 Å². The van der Waals surface area contributed by atoms with Crippen molar-refractivity contribution in [3.63, 3.8) is 0 Å². The van der Waals surface area contributed by atoms with Gasteiger partial charge in [0.1, 0.15) is 0 Å². The van der Waals surface area contributed by atoms with Gasteiger partial charge in [-0.3, -0.25) is 4.79 Å². The molecular weight excluding hydrogens is 214 g/mol.